The largest absolute Gasteiger partial charge is 0.496 e. The van der Waals surface area contributed by atoms with E-state index in [0.29, 0.717) is 5.92 Å². The number of methoxy groups -OCH3 is 1. The van der Waals surface area contributed by atoms with E-state index < -0.39 is 8.32 Å². The summed E-state index contributed by atoms with van der Waals surface area (Å²) in [7, 11) is 2.17. The van der Waals surface area contributed by atoms with Crippen LogP contribution in [0.25, 0.3) is 10.9 Å². The van der Waals surface area contributed by atoms with Crippen molar-refractivity contribution in [3.05, 3.63) is 53.9 Å². The third-order valence-corrected chi connectivity index (χ3v) is 14.2. The Kier molecular flexibility index (Phi) is 7.92. The van der Waals surface area contributed by atoms with E-state index >= 15 is 0 Å². The summed E-state index contributed by atoms with van der Waals surface area (Å²) in [5, 5.41) is 1.37. The van der Waals surface area contributed by atoms with Crippen LogP contribution in [0.5, 0.6) is 5.75 Å². The number of anilines is 2. The second-order valence-corrected chi connectivity index (χ2v) is 18.5. The van der Waals surface area contributed by atoms with Gasteiger partial charge in [-0.3, -0.25) is 0 Å². The van der Waals surface area contributed by atoms with Gasteiger partial charge in [0.25, 0.3) is 0 Å². The third-order valence-electron chi connectivity index (χ3n) is 9.71. The highest BCUT2D eigenvalue weighted by Gasteiger charge is 2.43. The molecule has 1 aromatic heterocycles. The molecule has 1 aliphatic carbocycles. The first kappa shape index (κ1) is 28.9. The van der Waals surface area contributed by atoms with E-state index in [4.69, 9.17) is 19.1 Å². The van der Waals surface area contributed by atoms with Gasteiger partial charge in [-0.25, -0.2) is 9.97 Å². The topological polar surface area (TPSA) is 50.7 Å². The first-order valence-electron chi connectivity index (χ1n) is 15.0. The van der Waals surface area contributed by atoms with Crippen molar-refractivity contribution in [1.29, 1.82) is 0 Å². The molecule has 7 heteroatoms. The smallest absolute Gasteiger partial charge is 0.192 e. The fraction of sp³-hybridized carbons (Fsp3) is 0.576. The second kappa shape index (κ2) is 11.0. The van der Waals surface area contributed by atoms with Crippen molar-refractivity contribution in [1.82, 2.24) is 9.97 Å². The maximum atomic E-state index is 6.47. The lowest BCUT2D eigenvalue weighted by atomic mass is 9.88. The van der Waals surface area contributed by atoms with Crippen molar-refractivity contribution in [3.8, 4) is 5.75 Å². The van der Waals surface area contributed by atoms with Crippen LogP contribution in [0.2, 0.25) is 18.1 Å². The molecule has 2 heterocycles. The summed E-state index contributed by atoms with van der Waals surface area (Å²) in [6, 6.07) is 15.2. The zero-order valence-corrected chi connectivity index (χ0v) is 26.9. The number of ether oxygens (including phenoxy) is 1. The minimum Gasteiger partial charge on any atom is -0.496 e. The van der Waals surface area contributed by atoms with Gasteiger partial charge in [-0.05, 0) is 79.6 Å². The Morgan fingerprint density at radius 1 is 1.05 bits per heavy atom. The first-order valence-corrected chi connectivity index (χ1v) is 17.9. The molecule has 0 radical (unpaired) electrons. The van der Waals surface area contributed by atoms with E-state index in [0.717, 1.165) is 67.4 Å². The molecule has 40 heavy (non-hydrogen) atoms. The van der Waals surface area contributed by atoms with Crippen LogP contribution in [0.1, 0.15) is 70.7 Å². The van der Waals surface area contributed by atoms with Crippen molar-refractivity contribution < 1.29 is 9.16 Å². The van der Waals surface area contributed by atoms with E-state index in [2.05, 4.69) is 100 Å². The van der Waals surface area contributed by atoms with Crippen molar-refractivity contribution in [2.24, 2.45) is 0 Å². The maximum Gasteiger partial charge on any atom is 0.192 e. The molecular weight excluding hydrogens is 512 g/mol. The van der Waals surface area contributed by atoms with E-state index in [1.54, 1.807) is 7.11 Å². The van der Waals surface area contributed by atoms with Gasteiger partial charge in [-0.2, -0.15) is 0 Å². The molecule has 0 atom stereocenters. The molecule has 1 saturated heterocycles. The molecular formula is C33H48N4O2Si. The van der Waals surface area contributed by atoms with Crippen LogP contribution < -0.4 is 14.5 Å². The van der Waals surface area contributed by atoms with Gasteiger partial charge in [0.2, 0.25) is 0 Å². The number of fused-ring (bicyclic) bond motifs is 1. The Morgan fingerprint density at radius 3 is 2.40 bits per heavy atom. The molecule has 1 aliphatic heterocycles. The van der Waals surface area contributed by atoms with Gasteiger partial charge in [-0.15, -0.1) is 0 Å². The molecule has 0 bridgehead atoms. The van der Waals surface area contributed by atoms with Gasteiger partial charge in [-0.1, -0.05) is 45.9 Å². The molecule has 2 aliphatic rings. The Morgan fingerprint density at radius 2 is 1.75 bits per heavy atom. The van der Waals surface area contributed by atoms with Crippen LogP contribution in [0.4, 0.5) is 11.5 Å². The molecule has 1 saturated carbocycles. The summed E-state index contributed by atoms with van der Waals surface area (Å²) in [5.74, 6) is 3.61. The van der Waals surface area contributed by atoms with Crippen molar-refractivity contribution >= 4 is 30.7 Å². The van der Waals surface area contributed by atoms with Crippen LogP contribution >= 0.6 is 0 Å². The van der Waals surface area contributed by atoms with Gasteiger partial charge >= 0.3 is 0 Å². The zero-order chi connectivity index (χ0) is 28.7. The average Bonchev–Trinajstić information content (AvgIpc) is 3.69. The van der Waals surface area contributed by atoms with Crippen LogP contribution in [0, 0.1) is 0 Å². The lowest BCUT2D eigenvalue weighted by Crippen LogP contribution is -2.42. The Labute approximate surface area is 242 Å². The molecule has 0 N–H and O–H groups in total. The van der Waals surface area contributed by atoms with Crippen LogP contribution in [-0.4, -0.2) is 58.7 Å². The van der Waals surface area contributed by atoms with E-state index in [-0.39, 0.29) is 10.5 Å². The van der Waals surface area contributed by atoms with Gasteiger partial charge in [0.15, 0.2) is 8.32 Å². The number of rotatable bonds is 9. The van der Waals surface area contributed by atoms with Crippen molar-refractivity contribution in [2.45, 2.75) is 82.8 Å². The van der Waals surface area contributed by atoms with Gasteiger partial charge in [0.1, 0.15) is 17.4 Å². The highest BCUT2D eigenvalue weighted by Crippen LogP contribution is 2.47. The minimum absolute atomic E-state index is 0.120. The average molecular weight is 561 g/mol. The van der Waals surface area contributed by atoms with Gasteiger partial charge in [0.05, 0.1) is 19.2 Å². The summed E-state index contributed by atoms with van der Waals surface area (Å²) in [6.45, 7) is 17.4. The van der Waals surface area contributed by atoms with E-state index in [1.165, 1.54) is 24.1 Å². The Balaban J connectivity index is 1.38. The molecule has 2 aromatic carbocycles. The summed E-state index contributed by atoms with van der Waals surface area (Å²) >= 11 is 0. The monoisotopic (exact) mass is 560 g/mol. The Hall–Kier alpha value is -2.64. The third kappa shape index (κ3) is 5.86. The van der Waals surface area contributed by atoms with Crippen molar-refractivity contribution in [3.63, 3.8) is 0 Å². The molecule has 216 valence electrons. The zero-order valence-electron chi connectivity index (χ0n) is 25.9. The lowest BCUT2D eigenvalue weighted by molar-refractivity contribution is 0.296. The highest BCUT2D eigenvalue weighted by atomic mass is 28.4. The highest BCUT2D eigenvalue weighted by molar-refractivity contribution is 6.74. The molecule has 0 unspecified atom stereocenters. The van der Waals surface area contributed by atoms with Gasteiger partial charge < -0.3 is 19.0 Å². The quantitative estimate of drug-likeness (QED) is 0.252. The lowest BCUT2D eigenvalue weighted by Gasteiger charge is -2.36. The summed E-state index contributed by atoms with van der Waals surface area (Å²) in [5.41, 5.74) is 3.68. The summed E-state index contributed by atoms with van der Waals surface area (Å²) in [4.78, 5) is 15.1. The van der Waals surface area contributed by atoms with Crippen LogP contribution in [-0.2, 0) is 9.84 Å². The maximum absolute atomic E-state index is 6.47. The minimum atomic E-state index is -1.76. The Bertz CT molecular complexity index is 1340. The molecule has 0 amide bonds. The fourth-order valence-corrected chi connectivity index (χ4v) is 6.48. The number of benzene rings is 2. The standard InChI is InChI=1S/C33H48N4O2Si/c1-32(2,3)40(7,8)39-22-21-36(5)25-13-14-28-27(23-25)30(35-31(34-28)33(4)17-18-33)37-19-15-24(16-20-37)26-11-9-10-12-29(26)38-6/h9-14,23-24H,15-22H2,1-8H3. The SMILES string of the molecule is COc1ccccc1C1CCN(c2nc(C3(C)CC3)nc3ccc(N(C)CCO[Si](C)(C)C(C)(C)C)cc23)CC1. The number of para-hydroxylation sites is 1. The number of hydrogen-bond acceptors (Lipinski definition) is 6. The molecule has 2 fully saturated rings. The molecule has 3 aromatic rings. The van der Waals surface area contributed by atoms with Crippen molar-refractivity contribution in [2.75, 3.05) is 50.2 Å². The number of hydrogen-bond donors (Lipinski definition) is 0. The molecule has 0 spiro atoms. The number of likely N-dealkylation sites (N-methyl/N-ethyl adjacent to an activating group) is 1. The molecule has 6 nitrogen and oxygen atoms in total. The fourth-order valence-electron chi connectivity index (χ4n) is 5.45. The first-order chi connectivity index (χ1) is 18.9. The van der Waals surface area contributed by atoms with Gasteiger partial charge in [0, 0.05) is 43.2 Å². The predicted molar refractivity (Wildman–Crippen MR) is 170 cm³/mol. The number of piperidine rings is 1. The number of nitrogens with zero attached hydrogens (tertiary/aromatic N) is 4. The van der Waals surface area contributed by atoms with Crippen LogP contribution in [0.15, 0.2) is 42.5 Å². The normalized spacial score (nSPS) is 17.8. The van der Waals surface area contributed by atoms with E-state index in [9.17, 15) is 0 Å². The molecule has 5 rings (SSSR count). The second-order valence-electron chi connectivity index (χ2n) is 13.7. The van der Waals surface area contributed by atoms with E-state index in [1.807, 2.05) is 0 Å². The summed E-state index contributed by atoms with van der Waals surface area (Å²) in [6.07, 6.45) is 4.51. The number of aromatic nitrogens is 2. The van der Waals surface area contributed by atoms with Crippen LogP contribution in [0.3, 0.4) is 0 Å². The summed E-state index contributed by atoms with van der Waals surface area (Å²) < 4.78 is 12.2. The predicted octanol–water partition coefficient (Wildman–Crippen LogP) is 7.53.